The first-order valence-electron chi connectivity index (χ1n) is 8.47. The number of rotatable bonds is 4. The summed E-state index contributed by atoms with van der Waals surface area (Å²) in [6.45, 7) is 15.7. The maximum atomic E-state index is 4.92. The average molecular weight is 312 g/mol. The second-order valence-electron chi connectivity index (χ2n) is 7.46. The van der Waals surface area contributed by atoms with Gasteiger partial charge in [0.2, 0.25) is 0 Å². The fourth-order valence-corrected chi connectivity index (χ4v) is 3.93. The molecule has 0 aliphatic carbocycles. The molecule has 0 aliphatic rings. The van der Waals surface area contributed by atoms with Crippen molar-refractivity contribution in [3.63, 3.8) is 0 Å². The van der Waals surface area contributed by atoms with Crippen LogP contribution in [0, 0.1) is 20.8 Å². The van der Waals surface area contributed by atoms with Gasteiger partial charge in [-0.15, -0.1) is 4.43 Å². The Morgan fingerprint density at radius 3 is 2.23 bits per heavy atom. The van der Waals surface area contributed by atoms with Crippen molar-refractivity contribution in [3.05, 3.63) is 22.5 Å². The van der Waals surface area contributed by atoms with Crippen LogP contribution in [0.3, 0.4) is 0 Å². The highest BCUT2D eigenvalue weighted by Crippen LogP contribution is 2.30. The summed E-state index contributed by atoms with van der Waals surface area (Å²) in [7, 11) is 0. The van der Waals surface area contributed by atoms with E-state index in [1.54, 1.807) is 0 Å². The molecule has 0 aliphatic heterocycles. The number of aromatic nitrogens is 2. The summed E-state index contributed by atoms with van der Waals surface area (Å²) in [5, 5.41) is 0. The van der Waals surface area contributed by atoms with Gasteiger partial charge in [0.05, 0.1) is 11.0 Å². The highest BCUT2D eigenvalue weighted by molar-refractivity contribution is 6.35. The number of unbranched alkanes of at least 4 members (excludes halogenated alkanes) is 2. The molecule has 0 N–H and O–H groups in total. The molecule has 3 heteroatoms. The number of aryl methyl sites for hydroxylation is 3. The first-order valence-corrected chi connectivity index (χ1v) is 9.04. The Morgan fingerprint density at radius 1 is 1.05 bits per heavy atom. The molecule has 0 bridgehead atoms. The largest absolute Gasteiger partial charge is 0.323 e. The smallest absolute Gasteiger partial charge is 0.176 e. The van der Waals surface area contributed by atoms with Crippen LogP contribution in [0.2, 0.25) is 0 Å². The first-order chi connectivity index (χ1) is 10.2. The van der Waals surface area contributed by atoms with Crippen LogP contribution in [-0.2, 0) is 12.0 Å². The van der Waals surface area contributed by atoms with Crippen LogP contribution in [0.15, 0.2) is 0 Å². The highest BCUT2D eigenvalue weighted by atomic mass is 27.0. The molecule has 2 radical (unpaired) electrons. The molecule has 1 aromatic carbocycles. The van der Waals surface area contributed by atoms with Crippen molar-refractivity contribution in [1.29, 1.82) is 0 Å². The number of imidazole rings is 1. The van der Waals surface area contributed by atoms with Crippen LogP contribution in [-0.4, -0.2) is 25.8 Å². The molecule has 0 unspecified atom stereocenters. The highest BCUT2D eigenvalue weighted by Gasteiger charge is 2.24. The maximum Gasteiger partial charge on any atom is 0.176 e. The van der Waals surface area contributed by atoms with Gasteiger partial charge in [-0.05, 0) is 65.5 Å². The molecule has 1 aromatic heterocycles. The van der Waals surface area contributed by atoms with Gasteiger partial charge in [0.15, 0.2) is 16.3 Å². The lowest BCUT2D eigenvalue weighted by atomic mass is 9.97. The summed E-state index contributed by atoms with van der Waals surface area (Å²) in [6.07, 6.45) is 4.95. The molecule has 0 saturated carbocycles. The first kappa shape index (κ1) is 17.6. The second kappa shape index (κ2) is 6.38. The summed E-state index contributed by atoms with van der Waals surface area (Å²) in [5.74, 6) is 1.12. The Balaban J connectivity index is 2.79. The van der Waals surface area contributed by atoms with Crippen molar-refractivity contribution >= 4 is 31.7 Å². The van der Waals surface area contributed by atoms with Crippen LogP contribution < -0.4 is 4.43 Å². The monoisotopic (exact) mass is 312 g/mol. The van der Waals surface area contributed by atoms with Crippen LogP contribution in [0.5, 0.6) is 0 Å². The standard InChI is InChI=1S/C19H29N2.Al/c1-8-9-10-11-16-12-13(2)14(3)17-18(16)21(15(4)20-17)19(5,6)7;/h8-11H2,1-7H3;. The van der Waals surface area contributed by atoms with E-state index in [0.29, 0.717) is 0 Å². The minimum absolute atomic E-state index is 0.0527. The zero-order valence-electron chi connectivity index (χ0n) is 15.3. The third kappa shape index (κ3) is 2.99. The topological polar surface area (TPSA) is 17.8 Å². The molecular formula is C19H29AlN2. The van der Waals surface area contributed by atoms with Gasteiger partial charge in [-0.25, -0.2) is 4.98 Å². The van der Waals surface area contributed by atoms with E-state index in [4.69, 9.17) is 4.98 Å². The van der Waals surface area contributed by atoms with Gasteiger partial charge in [-0.3, -0.25) is 0 Å². The molecule has 2 nitrogen and oxygen atoms in total. The van der Waals surface area contributed by atoms with Crippen LogP contribution in [0.4, 0.5) is 0 Å². The lowest BCUT2D eigenvalue weighted by Gasteiger charge is -2.26. The van der Waals surface area contributed by atoms with Gasteiger partial charge in [-0.1, -0.05) is 25.3 Å². The van der Waals surface area contributed by atoms with Crippen LogP contribution in [0.25, 0.3) is 11.0 Å². The molecule has 118 valence electrons. The minimum atomic E-state index is 0.0527. The molecule has 2 aromatic rings. The molecule has 0 amide bonds. The zero-order valence-corrected chi connectivity index (χ0v) is 16.5. The van der Waals surface area contributed by atoms with Gasteiger partial charge in [0.25, 0.3) is 0 Å². The van der Waals surface area contributed by atoms with E-state index >= 15 is 0 Å². The predicted octanol–water partition coefficient (Wildman–Crippen LogP) is 4.24. The summed E-state index contributed by atoms with van der Waals surface area (Å²) in [4.78, 5) is 4.92. The Labute approximate surface area is 143 Å². The summed E-state index contributed by atoms with van der Waals surface area (Å²) >= 11 is 2.99. The molecule has 0 fully saturated rings. The third-order valence-corrected chi connectivity index (χ3v) is 5.46. The fourth-order valence-electron chi connectivity index (χ4n) is 3.43. The molecule has 0 spiro atoms. The number of hydrogen-bond acceptors (Lipinski definition) is 1. The Kier molecular flexibility index (Phi) is 5.10. The maximum absolute atomic E-state index is 4.92. The molecular weight excluding hydrogens is 283 g/mol. The Morgan fingerprint density at radius 2 is 1.68 bits per heavy atom. The number of benzene rings is 1. The predicted molar refractivity (Wildman–Crippen MR) is 97.6 cm³/mol. The lowest BCUT2D eigenvalue weighted by molar-refractivity contribution is 0.399. The van der Waals surface area contributed by atoms with Gasteiger partial charge >= 0.3 is 0 Å². The average Bonchev–Trinajstić information content (AvgIpc) is 2.77. The second-order valence-corrected chi connectivity index (χ2v) is 8.04. The molecule has 0 saturated heterocycles. The van der Waals surface area contributed by atoms with E-state index < -0.39 is 0 Å². The van der Waals surface area contributed by atoms with E-state index in [9.17, 15) is 0 Å². The molecule has 22 heavy (non-hydrogen) atoms. The number of hydrogen-bond donors (Lipinski definition) is 0. The van der Waals surface area contributed by atoms with Crippen LogP contribution >= 0.6 is 0 Å². The molecule has 1 heterocycles. The summed E-state index contributed by atoms with van der Waals surface area (Å²) in [5.41, 5.74) is 6.79. The third-order valence-electron chi connectivity index (χ3n) is 4.68. The van der Waals surface area contributed by atoms with Crippen molar-refractivity contribution in [2.45, 2.75) is 79.7 Å². The summed E-state index contributed by atoms with van der Waals surface area (Å²) in [6, 6.07) is 0. The van der Waals surface area contributed by atoms with Crippen molar-refractivity contribution in [2.24, 2.45) is 0 Å². The van der Waals surface area contributed by atoms with E-state index in [1.807, 2.05) is 0 Å². The SMILES string of the molecule is CCCCCc1[c]([Al])c(C)c(C)c2nc(C)n(C(C)(C)C)c12. The molecule has 0 atom stereocenters. The van der Waals surface area contributed by atoms with E-state index in [2.05, 4.69) is 69.3 Å². The van der Waals surface area contributed by atoms with Crippen LogP contribution in [0.1, 0.15) is 69.5 Å². The Bertz CT molecular complexity index is 690. The van der Waals surface area contributed by atoms with E-state index in [1.165, 1.54) is 51.4 Å². The molecule has 2 rings (SSSR count). The zero-order chi connectivity index (χ0) is 16.7. The number of fused-ring (bicyclic) bond motifs is 1. The quantitative estimate of drug-likeness (QED) is 0.610. The van der Waals surface area contributed by atoms with Crippen molar-refractivity contribution in [3.8, 4) is 0 Å². The normalized spacial score (nSPS) is 12.3. The van der Waals surface area contributed by atoms with Gasteiger partial charge in [0, 0.05) is 5.54 Å². The van der Waals surface area contributed by atoms with Crippen molar-refractivity contribution in [2.75, 3.05) is 0 Å². The van der Waals surface area contributed by atoms with Crippen molar-refractivity contribution < 1.29 is 0 Å². The number of nitrogens with zero attached hydrogens (tertiary/aromatic N) is 2. The fraction of sp³-hybridized carbons (Fsp3) is 0.632. The Hall–Kier alpha value is -0.778. The summed E-state index contributed by atoms with van der Waals surface area (Å²) < 4.78 is 3.82. The van der Waals surface area contributed by atoms with Gasteiger partial charge < -0.3 is 4.57 Å². The lowest BCUT2D eigenvalue weighted by Crippen LogP contribution is -2.26. The minimum Gasteiger partial charge on any atom is -0.323 e. The van der Waals surface area contributed by atoms with Crippen molar-refractivity contribution in [1.82, 2.24) is 9.55 Å². The van der Waals surface area contributed by atoms with E-state index in [0.717, 1.165) is 12.2 Å². The van der Waals surface area contributed by atoms with Gasteiger partial charge in [-0.2, -0.15) is 0 Å². The van der Waals surface area contributed by atoms with E-state index in [-0.39, 0.29) is 5.54 Å². The van der Waals surface area contributed by atoms with Gasteiger partial charge in [0.1, 0.15) is 5.82 Å².